The van der Waals surface area contributed by atoms with E-state index in [-0.39, 0.29) is 0 Å². The Morgan fingerprint density at radius 2 is 2.25 bits per heavy atom. The highest BCUT2D eigenvalue weighted by molar-refractivity contribution is 6.17. The second kappa shape index (κ2) is 4.46. The number of rotatable bonds is 3. The van der Waals surface area contributed by atoms with Crippen LogP contribution in [-0.4, -0.2) is 4.98 Å². The highest BCUT2D eigenvalue weighted by Crippen LogP contribution is 2.10. The van der Waals surface area contributed by atoms with Gasteiger partial charge in [0, 0.05) is 17.8 Å². The van der Waals surface area contributed by atoms with Crippen molar-refractivity contribution in [3.8, 4) is 0 Å². The van der Waals surface area contributed by atoms with Gasteiger partial charge in [0.2, 0.25) is 0 Å². The first-order chi connectivity index (χ1) is 5.72. The number of hydrogen-bond donors (Lipinski definition) is 0. The number of nitrogens with zero attached hydrogens (tertiary/aromatic N) is 1. The minimum absolute atomic E-state index is 0.568. The first-order valence-corrected chi connectivity index (χ1v) is 4.54. The average molecular weight is 183 g/mol. The van der Waals surface area contributed by atoms with Gasteiger partial charge in [-0.1, -0.05) is 13.8 Å². The predicted molar refractivity (Wildman–Crippen MR) is 52.1 cm³/mol. The van der Waals surface area contributed by atoms with E-state index in [0.29, 0.717) is 5.88 Å². The molecular weight excluding hydrogens is 170 g/mol. The number of halogens is 1. The molecule has 0 aliphatic carbocycles. The lowest BCUT2D eigenvalue weighted by Gasteiger charge is -2.03. The molecule has 1 aromatic rings. The first kappa shape index (κ1) is 9.53. The third-order valence-electron chi connectivity index (χ3n) is 1.57. The summed E-state index contributed by atoms with van der Waals surface area (Å²) >= 11 is 5.70. The van der Waals surface area contributed by atoms with Gasteiger partial charge in [-0.25, -0.2) is 0 Å². The third kappa shape index (κ3) is 2.82. The molecule has 0 saturated heterocycles. The molecule has 65 valence electrons. The highest BCUT2D eigenvalue weighted by atomic mass is 35.5. The number of pyridine rings is 1. The Morgan fingerprint density at radius 3 is 2.83 bits per heavy atom. The maximum absolute atomic E-state index is 5.70. The smallest absolute Gasteiger partial charge is 0.0475 e. The number of hydrogen-bond acceptors (Lipinski definition) is 1. The van der Waals surface area contributed by atoms with Crippen LogP contribution >= 0.6 is 11.6 Å². The van der Waals surface area contributed by atoms with Crippen molar-refractivity contribution < 1.29 is 0 Å². The monoisotopic (exact) mass is 182 g/mol. The standard InChI is InChI=1S/C10H13ClN/c1-8(2)5-10-6-9(7-11)3-4-12-10/h3-4,6H,5,7H2,1-2H3. The van der Waals surface area contributed by atoms with Crippen molar-refractivity contribution in [1.82, 2.24) is 4.98 Å². The maximum Gasteiger partial charge on any atom is 0.0475 e. The Bertz CT molecular complexity index is 245. The molecule has 0 unspecified atom stereocenters. The van der Waals surface area contributed by atoms with Crippen LogP contribution in [0.2, 0.25) is 0 Å². The summed E-state index contributed by atoms with van der Waals surface area (Å²) in [6.45, 7) is 4.21. The van der Waals surface area contributed by atoms with Crippen LogP contribution in [0.25, 0.3) is 0 Å². The van der Waals surface area contributed by atoms with E-state index in [1.807, 2.05) is 12.3 Å². The molecule has 0 N–H and O–H groups in total. The van der Waals surface area contributed by atoms with Gasteiger partial charge in [-0.15, -0.1) is 11.6 Å². The van der Waals surface area contributed by atoms with Crippen molar-refractivity contribution in [3.63, 3.8) is 0 Å². The van der Waals surface area contributed by atoms with Gasteiger partial charge in [0.25, 0.3) is 0 Å². The van der Waals surface area contributed by atoms with Crippen LogP contribution < -0.4 is 0 Å². The fourth-order valence-electron chi connectivity index (χ4n) is 1.07. The molecule has 2 heteroatoms. The lowest BCUT2D eigenvalue weighted by Crippen LogP contribution is -1.95. The molecule has 1 rings (SSSR count). The molecule has 1 radical (unpaired) electrons. The maximum atomic E-state index is 5.70. The summed E-state index contributed by atoms with van der Waals surface area (Å²) in [6, 6.07) is 4.00. The fourth-order valence-corrected chi connectivity index (χ4v) is 1.24. The van der Waals surface area contributed by atoms with Crippen LogP contribution in [0.1, 0.15) is 25.1 Å². The molecule has 0 bridgehead atoms. The molecule has 0 aliphatic heterocycles. The largest absolute Gasteiger partial charge is 0.261 e. The van der Waals surface area contributed by atoms with Gasteiger partial charge in [0.1, 0.15) is 0 Å². The van der Waals surface area contributed by atoms with E-state index >= 15 is 0 Å². The van der Waals surface area contributed by atoms with E-state index in [4.69, 9.17) is 11.6 Å². The zero-order valence-electron chi connectivity index (χ0n) is 7.47. The topological polar surface area (TPSA) is 12.9 Å². The average Bonchev–Trinajstić information content (AvgIpc) is 2.03. The SMILES string of the molecule is C[C](C)Cc1cc(CCl)ccn1. The van der Waals surface area contributed by atoms with Crippen molar-refractivity contribution in [2.24, 2.45) is 0 Å². The normalized spacial score (nSPS) is 10.7. The summed E-state index contributed by atoms with van der Waals surface area (Å²) in [5.41, 5.74) is 2.25. The van der Waals surface area contributed by atoms with E-state index in [1.165, 1.54) is 5.92 Å². The molecule has 1 nitrogen and oxygen atoms in total. The Balaban J connectivity index is 2.72. The molecule has 1 heterocycles. The van der Waals surface area contributed by atoms with Crippen molar-refractivity contribution >= 4 is 11.6 Å². The molecule has 0 aromatic carbocycles. The van der Waals surface area contributed by atoms with Crippen molar-refractivity contribution in [3.05, 3.63) is 35.5 Å². The van der Waals surface area contributed by atoms with Gasteiger partial charge in [0.15, 0.2) is 0 Å². The Kier molecular flexibility index (Phi) is 3.54. The van der Waals surface area contributed by atoms with Crippen LogP contribution in [0.5, 0.6) is 0 Å². The van der Waals surface area contributed by atoms with Gasteiger partial charge in [0.05, 0.1) is 0 Å². The van der Waals surface area contributed by atoms with Crippen molar-refractivity contribution in [2.45, 2.75) is 26.1 Å². The van der Waals surface area contributed by atoms with E-state index < -0.39 is 0 Å². The van der Waals surface area contributed by atoms with Gasteiger partial charge >= 0.3 is 0 Å². The van der Waals surface area contributed by atoms with Crippen molar-refractivity contribution in [1.29, 1.82) is 0 Å². The zero-order valence-corrected chi connectivity index (χ0v) is 8.23. The van der Waals surface area contributed by atoms with Gasteiger partial charge < -0.3 is 0 Å². The Morgan fingerprint density at radius 1 is 1.50 bits per heavy atom. The predicted octanol–water partition coefficient (Wildman–Crippen LogP) is 2.98. The molecular formula is C10H13ClN. The molecule has 0 atom stereocenters. The zero-order chi connectivity index (χ0) is 8.97. The molecule has 0 spiro atoms. The van der Waals surface area contributed by atoms with Gasteiger partial charge in [-0.3, -0.25) is 4.98 Å². The first-order valence-electron chi connectivity index (χ1n) is 4.01. The Hall–Kier alpha value is -0.560. The van der Waals surface area contributed by atoms with E-state index in [9.17, 15) is 0 Å². The number of alkyl halides is 1. The summed E-state index contributed by atoms with van der Waals surface area (Å²) in [6.07, 6.45) is 2.76. The summed E-state index contributed by atoms with van der Waals surface area (Å²) in [7, 11) is 0. The van der Waals surface area contributed by atoms with Crippen LogP contribution in [0.4, 0.5) is 0 Å². The fraction of sp³-hybridized carbons (Fsp3) is 0.400. The second-order valence-corrected chi connectivity index (χ2v) is 3.44. The van der Waals surface area contributed by atoms with E-state index in [0.717, 1.165) is 17.7 Å². The lowest BCUT2D eigenvalue weighted by molar-refractivity contribution is 0.913. The quantitative estimate of drug-likeness (QED) is 0.655. The van der Waals surface area contributed by atoms with Crippen LogP contribution in [0.15, 0.2) is 18.3 Å². The summed E-state index contributed by atoms with van der Waals surface area (Å²) in [4.78, 5) is 4.25. The molecule has 12 heavy (non-hydrogen) atoms. The third-order valence-corrected chi connectivity index (χ3v) is 1.88. The molecule has 1 aromatic heterocycles. The van der Waals surface area contributed by atoms with Crippen LogP contribution in [0, 0.1) is 5.92 Å². The van der Waals surface area contributed by atoms with Crippen molar-refractivity contribution in [2.75, 3.05) is 0 Å². The Labute approximate surface area is 78.8 Å². The van der Waals surface area contributed by atoms with E-state index in [2.05, 4.69) is 24.9 Å². The molecule has 0 saturated carbocycles. The minimum atomic E-state index is 0.568. The molecule has 0 amide bonds. The summed E-state index contributed by atoms with van der Waals surface area (Å²) in [5, 5.41) is 0. The molecule has 0 aliphatic rings. The minimum Gasteiger partial charge on any atom is -0.261 e. The van der Waals surface area contributed by atoms with Crippen LogP contribution in [0.3, 0.4) is 0 Å². The van der Waals surface area contributed by atoms with Gasteiger partial charge in [-0.05, 0) is 30.0 Å². The van der Waals surface area contributed by atoms with Crippen LogP contribution in [-0.2, 0) is 12.3 Å². The van der Waals surface area contributed by atoms with Gasteiger partial charge in [-0.2, -0.15) is 0 Å². The molecule has 0 fully saturated rings. The summed E-state index contributed by atoms with van der Waals surface area (Å²) in [5.74, 6) is 1.94. The van der Waals surface area contributed by atoms with E-state index in [1.54, 1.807) is 0 Å². The highest BCUT2D eigenvalue weighted by Gasteiger charge is 1.99. The summed E-state index contributed by atoms with van der Waals surface area (Å²) < 4.78 is 0. The lowest BCUT2D eigenvalue weighted by atomic mass is 10.1. The number of aromatic nitrogens is 1. The second-order valence-electron chi connectivity index (χ2n) is 3.17.